The summed E-state index contributed by atoms with van der Waals surface area (Å²) in [5.74, 6) is -0.121. The van der Waals surface area contributed by atoms with E-state index in [1.165, 1.54) is 0 Å². The first-order chi connectivity index (χ1) is 18.4. The number of benzene rings is 1. The van der Waals surface area contributed by atoms with Crippen LogP contribution in [0.2, 0.25) is 0 Å². The molecule has 206 valence electrons. The number of halogens is 3. The number of aromatic nitrogens is 4. The van der Waals surface area contributed by atoms with Crippen LogP contribution in [0.3, 0.4) is 0 Å². The third kappa shape index (κ3) is 4.57. The Morgan fingerprint density at radius 3 is 2.62 bits per heavy atom. The van der Waals surface area contributed by atoms with Crippen molar-refractivity contribution in [1.29, 1.82) is 0 Å². The Morgan fingerprint density at radius 2 is 1.87 bits per heavy atom. The molecule has 1 saturated heterocycles. The number of anilines is 2. The summed E-state index contributed by atoms with van der Waals surface area (Å²) < 4.78 is 54.7. The lowest BCUT2D eigenvalue weighted by molar-refractivity contribution is -0.160. The first-order valence-electron chi connectivity index (χ1n) is 13.0. The number of hydrogen-bond acceptors (Lipinski definition) is 7. The number of hydrogen-bond donors (Lipinski definition) is 1. The molecule has 39 heavy (non-hydrogen) atoms. The largest absolute Gasteiger partial charge is 0.419 e. The van der Waals surface area contributed by atoms with E-state index in [0.717, 1.165) is 47.7 Å². The molecule has 1 aliphatic carbocycles. The molecule has 3 aromatic heterocycles. The van der Waals surface area contributed by atoms with E-state index < -0.39 is 23.3 Å². The summed E-state index contributed by atoms with van der Waals surface area (Å²) >= 11 is 0. The summed E-state index contributed by atoms with van der Waals surface area (Å²) in [5, 5.41) is 1.39. The normalized spacial score (nSPS) is 24.5. The Labute approximate surface area is 223 Å². The van der Waals surface area contributed by atoms with Crippen molar-refractivity contribution in [3.63, 3.8) is 0 Å². The highest BCUT2D eigenvalue weighted by Crippen LogP contribution is 2.49. The monoisotopic (exact) mass is 540 g/mol. The Balaban J connectivity index is 1.26. The predicted octanol–water partition coefficient (Wildman–Crippen LogP) is 5.36. The fourth-order valence-corrected chi connectivity index (χ4v) is 6.16. The van der Waals surface area contributed by atoms with Crippen LogP contribution in [-0.4, -0.2) is 51.6 Å². The van der Waals surface area contributed by atoms with Crippen molar-refractivity contribution in [2.45, 2.75) is 63.3 Å². The average molecular weight is 541 g/mol. The van der Waals surface area contributed by atoms with E-state index in [0.29, 0.717) is 10.9 Å². The Kier molecular flexibility index (Phi) is 5.99. The van der Waals surface area contributed by atoms with E-state index in [1.807, 2.05) is 51.0 Å². The van der Waals surface area contributed by atoms with Crippen LogP contribution in [0.4, 0.5) is 24.8 Å². The minimum absolute atomic E-state index is 0.0445. The molecule has 0 radical (unpaired) electrons. The van der Waals surface area contributed by atoms with E-state index in [2.05, 4.69) is 25.7 Å². The van der Waals surface area contributed by atoms with Crippen LogP contribution in [0, 0.1) is 5.92 Å². The van der Waals surface area contributed by atoms with Crippen LogP contribution in [-0.2, 0) is 22.1 Å². The maximum atomic E-state index is 13.2. The molecular formula is C28H31F3N6O2. The molecular weight excluding hydrogens is 509 g/mol. The van der Waals surface area contributed by atoms with Gasteiger partial charge in [-0.2, -0.15) is 13.2 Å². The highest BCUT2D eigenvalue weighted by Gasteiger charge is 2.54. The number of nitrogen functional groups attached to an aromatic ring is 1. The predicted molar refractivity (Wildman–Crippen MR) is 142 cm³/mol. The number of aryl methyl sites for hydroxylation is 1. The first-order valence-corrected chi connectivity index (χ1v) is 13.0. The van der Waals surface area contributed by atoms with E-state index in [1.54, 1.807) is 12.4 Å². The SMILES string of the molecule is CN(C)c1ncnc2c1ccn2[C@@H]1C[C@H](CCc2ccc3cc(C(F)(F)F)c(N)nc3c2)[C@H]2OC(C)(C)O[C@H]21. The molecule has 2 fully saturated rings. The van der Waals surface area contributed by atoms with Gasteiger partial charge in [-0.15, -0.1) is 0 Å². The Hall–Kier alpha value is -3.44. The van der Waals surface area contributed by atoms with E-state index in [-0.39, 0.29) is 24.2 Å². The summed E-state index contributed by atoms with van der Waals surface area (Å²) in [4.78, 5) is 15.0. The molecule has 2 N–H and O–H groups in total. The number of fused-ring (bicyclic) bond motifs is 3. The molecule has 0 unspecified atom stereocenters. The van der Waals surface area contributed by atoms with Crippen molar-refractivity contribution in [1.82, 2.24) is 19.5 Å². The van der Waals surface area contributed by atoms with E-state index >= 15 is 0 Å². The van der Waals surface area contributed by atoms with Gasteiger partial charge in [-0.1, -0.05) is 12.1 Å². The summed E-state index contributed by atoms with van der Waals surface area (Å²) in [5.41, 5.74) is 7.03. The summed E-state index contributed by atoms with van der Waals surface area (Å²) in [6.07, 6.45) is 1.30. The minimum atomic E-state index is -4.54. The molecule has 11 heteroatoms. The van der Waals surface area contributed by atoms with Gasteiger partial charge in [-0.3, -0.25) is 0 Å². The molecule has 0 spiro atoms. The number of rotatable bonds is 5. The maximum Gasteiger partial charge on any atom is 0.419 e. The molecule has 1 aliphatic heterocycles. The van der Waals surface area contributed by atoms with Crippen LogP contribution < -0.4 is 10.6 Å². The molecule has 1 saturated carbocycles. The highest BCUT2D eigenvalue weighted by atomic mass is 19.4. The van der Waals surface area contributed by atoms with Crippen LogP contribution in [0.25, 0.3) is 21.9 Å². The highest BCUT2D eigenvalue weighted by molar-refractivity contribution is 5.87. The zero-order chi connectivity index (χ0) is 27.7. The van der Waals surface area contributed by atoms with Gasteiger partial charge in [-0.25, -0.2) is 15.0 Å². The average Bonchev–Trinajstić information content (AvgIpc) is 3.51. The number of alkyl halides is 3. The second-order valence-corrected chi connectivity index (χ2v) is 11.2. The van der Waals surface area contributed by atoms with Gasteiger partial charge < -0.3 is 24.7 Å². The van der Waals surface area contributed by atoms with Gasteiger partial charge in [0.1, 0.15) is 29.7 Å². The van der Waals surface area contributed by atoms with Crippen LogP contribution in [0.15, 0.2) is 42.9 Å². The lowest BCUT2D eigenvalue weighted by atomic mass is 9.95. The van der Waals surface area contributed by atoms with E-state index in [9.17, 15) is 13.2 Å². The first kappa shape index (κ1) is 25.8. The number of nitrogens with zero attached hydrogens (tertiary/aromatic N) is 5. The molecule has 6 rings (SSSR count). The van der Waals surface area contributed by atoms with E-state index in [4.69, 9.17) is 15.2 Å². The molecule has 4 atom stereocenters. The van der Waals surface area contributed by atoms with Crippen molar-refractivity contribution in [2.75, 3.05) is 24.7 Å². The third-order valence-corrected chi connectivity index (χ3v) is 7.84. The van der Waals surface area contributed by atoms with Crippen molar-refractivity contribution < 1.29 is 22.6 Å². The molecule has 4 heterocycles. The van der Waals surface area contributed by atoms with Gasteiger partial charge in [0, 0.05) is 25.7 Å². The van der Waals surface area contributed by atoms with Gasteiger partial charge >= 0.3 is 6.18 Å². The summed E-state index contributed by atoms with van der Waals surface area (Å²) in [7, 11) is 3.92. The smallest absolute Gasteiger partial charge is 0.383 e. The second kappa shape index (κ2) is 9.06. The Morgan fingerprint density at radius 1 is 1.10 bits per heavy atom. The summed E-state index contributed by atoms with van der Waals surface area (Å²) in [6.45, 7) is 3.88. The standard InChI is InChI=1S/C28H31F3N6O2/c1-27(2)38-22-17(8-6-15-5-7-16-12-19(28(29,30)31)24(32)35-20(16)11-15)13-21(23(22)39-27)37-10-9-18-25(36(3)4)33-14-34-26(18)37/h5,7,9-12,14,17,21-23H,6,8,13H2,1-4H3,(H2,32,35)/t17-,21+,22+,23-/m0/s1. The molecule has 0 bridgehead atoms. The minimum Gasteiger partial charge on any atom is -0.383 e. The molecule has 2 aliphatic rings. The summed E-state index contributed by atoms with van der Waals surface area (Å²) in [6, 6.07) is 8.52. The van der Waals surface area contributed by atoms with Gasteiger partial charge in [0.15, 0.2) is 5.79 Å². The fourth-order valence-electron chi connectivity index (χ4n) is 6.16. The molecule has 1 aromatic carbocycles. The van der Waals surface area contributed by atoms with Crippen molar-refractivity contribution in [2.24, 2.45) is 5.92 Å². The van der Waals surface area contributed by atoms with Crippen molar-refractivity contribution in [3.05, 3.63) is 54.0 Å². The second-order valence-electron chi connectivity index (χ2n) is 11.2. The fraction of sp³-hybridized carbons (Fsp3) is 0.464. The third-order valence-electron chi connectivity index (χ3n) is 7.84. The molecule has 8 nitrogen and oxygen atoms in total. The van der Waals surface area contributed by atoms with Crippen molar-refractivity contribution in [3.8, 4) is 0 Å². The topological polar surface area (TPSA) is 91.3 Å². The number of pyridine rings is 1. The van der Waals surface area contributed by atoms with Crippen molar-refractivity contribution >= 4 is 33.6 Å². The van der Waals surface area contributed by atoms with Gasteiger partial charge in [0.25, 0.3) is 0 Å². The van der Waals surface area contributed by atoms with Crippen LogP contribution in [0.5, 0.6) is 0 Å². The Bertz CT molecular complexity index is 1550. The maximum absolute atomic E-state index is 13.2. The molecule has 0 amide bonds. The number of ether oxygens (including phenoxy) is 2. The van der Waals surface area contributed by atoms with Gasteiger partial charge in [0.05, 0.1) is 28.6 Å². The van der Waals surface area contributed by atoms with Gasteiger partial charge in [-0.05, 0) is 62.8 Å². The zero-order valence-corrected chi connectivity index (χ0v) is 22.2. The van der Waals surface area contributed by atoms with Crippen LogP contribution >= 0.6 is 0 Å². The lowest BCUT2D eigenvalue weighted by Crippen LogP contribution is -2.27. The van der Waals surface area contributed by atoms with Gasteiger partial charge in [0.2, 0.25) is 0 Å². The lowest BCUT2D eigenvalue weighted by Gasteiger charge is -2.24. The zero-order valence-electron chi connectivity index (χ0n) is 22.2. The molecule has 4 aromatic rings. The number of nitrogens with two attached hydrogens (primary N) is 1. The quantitative estimate of drug-likeness (QED) is 0.364. The van der Waals surface area contributed by atoms with Crippen LogP contribution in [0.1, 0.15) is 43.9 Å².